The molecule has 1 atom stereocenters. The molecular formula is C33H38FN5O6S. The van der Waals surface area contributed by atoms with Crippen LogP contribution < -0.4 is 9.64 Å². The number of hydrogen-bond acceptors (Lipinski definition) is 10. The second-order valence-electron chi connectivity index (χ2n) is 12.0. The Labute approximate surface area is 266 Å². The Morgan fingerprint density at radius 3 is 2.65 bits per heavy atom. The summed E-state index contributed by atoms with van der Waals surface area (Å²) in [5.74, 6) is 0.375. The first-order valence-corrected chi connectivity index (χ1v) is 16.9. The highest BCUT2D eigenvalue weighted by atomic mass is 32.2. The van der Waals surface area contributed by atoms with Gasteiger partial charge in [-0.3, -0.25) is 4.68 Å². The molecule has 0 bridgehead atoms. The van der Waals surface area contributed by atoms with Gasteiger partial charge >= 0.3 is 0 Å². The minimum absolute atomic E-state index is 0.0145. The van der Waals surface area contributed by atoms with Crippen LogP contribution in [-0.2, 0) is 32.8 Å². The van der Waals surface area contributed by atoms with Crippen LogP contribution in [-0.4, -0.2) is 84.8 Å². The van der Waals surface area contributed by atoms with Gasteiger partial charge in [-0.25, -0.2) is 22.8 Å². The van der Waals surface area contributed by atoms with Gasteiger partial charge in [-0.1, -0.05) is 19.9 Å². The van der Waals surface area contributed by atoms with E-state index < -0.39 is 15.4 Å². The fraction of sp³-hybridized carbons (Fsp3) is 0.424. The lowest BCUT2D eigenvalue weighted by Crippen LogP contribution is -2.42. The third kappa shape index (κ3) is 5.55. The number of rotatable bonds is 8. The number of β-amino-alcohol motifs (C(OH)–C–C–N with tert-alkyl or cyclic N) is 1. The molecule has 46 heavy (non-hydrogen) atoms. The van der Waals surface area contributed by atoms with Crippen molar-refractivity contribution >= 4 is 48.2 Å². The molecule has 0 amide bonds. The van der Waals surface area contributed by atoms with E-state index in [0.29, 0.717) is 80.6 Å². The quantitative estimate of drug-likeness (QED) is 0.186. The van der Waals surface area contributed by atoms with Crippen molar-refractivity contribution in [3.8, 4) is 16.9 Å². The van der Waals surface area contributed by atoms with Gasteiger partial charge in [0.1, 0.15) is 28.5 Å². The molecule has 1 aliphatic heterocycles. The molecular weight excluding hydrogens is 613 g/mol. The van der Waals surface area contributed by atoms with Gasteiger partial charge < -0.3 is 24.2 Å². The van der Waals surface area contributed by atoms with Crippen LogP contribution in [0.4, 0.5) is 10.2 Å². The lowest BCUT2D eigenvalue weighted by atomic mass is 9.88. The Kier molecular flexibility index (Phi) is 8.38. The summed E-state index contributed by atoms with van der Waals surface area (Å²) in [6.07, 6.45) is 2.29. The van der Waals surface area contributed by atoms with E-state index in [9.17, 15) is 13.5 Å². The zero-order valence-electron chi connectivity index (χ0n) is 26.8. The second kappa shape index (κ2) is 12.0. The average molecular weight is 652 g/mol. The highest BCUT2D eigenvalue weighted by Crippen LogP contribution is 2.45. The highest BCUT2D eigenvalue weighted by Gasteiger charge is 2.32. The normalized spacial score (nSPS) is 17.7. The van der Waals surface area contributed by atoms with Crippen molar-refractivity contribution in [1.29, 1.82) is 0 Å². The van der Waals surface area contributed by atoms with Crippen LogP contribution in [0.5, 0.6) is 5.75 Å². The summed E-state index contributed by atoms with van der Waals surface area (Å²) in [5, 5.41) is 18.4. The highest BCUT2D eigenvalue weighted by molar-refractivity contribution is 7.91. The monoisotopic (exact) mass is 651 g/mol. The number of aromatic nitrogens is 4. The predicted octanol–water partition coefficient (Wildman–Crippen LogP) is 4.71. The fourth-order valence-corrected chi connectivity index (χ4v) is 7.07. The van der Waals surface area contributed by atoms with Crippen molar-refractivity contribution in [2.45, 2.75) is 44.9 Å². The molecule has 1 N–H and O–H groups in total. The van der Waals surface area contributed by atoms with Gasteiger partial charge in [0, 0.05) is 37.8 Å². The van der Waals surface area contributed by atoms with Gasteiger partial charge in [0.05, 0.1) is 36.4 Å². The number of methoxy groups -OCH3 is 1. The van der Waals surface area contributed by atoms with Crippen molar-refractivity contribution in [3.63, 3.8) is 0 Å². The largest absolute Gasteiger partial charge is 0.468 e. The molecule has 1 aliphatic rings. The van der Waals surface area contributed by atoms with Gasteiger partial charge in [-0.05, 0) is 65.9 Å². The van der Waals surface area contributed by atoms with Crippen LogP contribution in [0.2, 0.25) is 0 Å². The molecule has 0 saturated carbocycles. The summed E-state index contributed by atoms with van der Waals surface area (Å²) in [5.41, 5.74) is 2.36. The fourth-order valence-electron chi connectivity index (χ4n) is 6.35. The summed E-state index contributed by atoms with van der Waals surface area (Å²) >= 11 is 0. The van der Waals surface area contributed by atoms with E-state index in [-0.39, 0.29) is 36.7 Å². The molecule has 244 valence electrons. The van der Waals surface area contributed by atoms with E-state index in [1.165, 1.54) is 13.2 Å². The van der Waals surface area contributed by atoms with Crippen LogP contribution in [0.3, 0.4) is 0 Å². The predicted molar refractivity (Wildman–Crippen MR) is 175 cm³/mol. The molecule has 13 heteroatoms. The standard InChI is InChI=1S/C33H38FN5O6S/c1-7-22-25(34)10-9-20-13-21(45-18-43-6)14-23(27(20)22)26-19(3)29-28(24-15-38(5)37-30(24)26)31(36-32(35-29)46(41,42)8-2)39-11-12-44-17-33(4,40)16-39/h9-10,13-15,40H,7-8,11-12,16-18H2,1-6H3. The van der Waals surface area contributed by atoms with Crippen molar-refractivity contribution in [2.24, 2.45) is 7.05 Å². The first-order chi connectivity index (χ1) is 21.9. The van der Waals surface area contributed by atoms with E-state index in [1.54, 1.807) is 31.6 Å². The number of aliphatic hydroxyl groups is 1. The van der Waals surface area contributed by atoms with E-state index in [2.05, 4.69) is 4.98 Å². The molecule has 3 aromatic carbocycles. The first kappa shape index (κ1) is 32.0. The molecule has 0 aliphatic carbocycles. The number of benzene rings is 3. The third-order valence-corrected chi connectivity index (χ3v) is 9.95. The maximum atomic E-state index is 15.4. The number of sulfone groups is 1. The Bertz CT molecular complexity index is 2100. The number of anilines is 1. The van der Waals surface area contributed by atoms with Gasteiger partial charge in [0.25, 0.3) is 0 Å². The van der Waals surface area contributed by atoms with Crippen LogP contribution >= 0.6 is 0 Å². The second-order valence-corrected chi connectivity index (χ2v) is 14.2. The minimum atomic E-state index is -3.85. The molecule has 0 radical (unpaired) electrons. The third-order valence-electron chi connectivity index (χ3n) is 8.45. The number of halogens is 1. The first-order valence-electron chi connectivity index (χ1n) is 15.2. The smallest absolute Gasteiger partial charge is 0.249 e. The Balaban J connectivity index is 1.79. The van der Waals surface area contributed by atoms with Crippen LogP contribution in [0.15, 0.2) is 35.6 Å². The molecule has 3 heterocycles. The van der Waals surface area contributed by atoms with Crippen molar-refractivity contribution in [2.75, 3.05) is 50.9 Å². The molecule has 5 aromatic rings. The van der Waals surface area contributed by atoms with E-state index in [1.807, 2.05) is 37.1 Å². The molecule has 0 spiro atoms. The molecule has 11 nitrogen and oxygen atoms in total. The van der Waals surface area contributed by atoms with Crippen LogP contribution in [0, 0.1) is 12.7 Å². The number of hydrogen-bond donors (Lipinski definition) is 1. The van der Waals surface area contributed by atoms with E-state index >= 15 is 4.39 Å². The van der Waals surface area contributed by atoms with E-state index in [0.717, 1.165) is 5.39 Å². The maximum absolute atomic E-state index is 15.4. The lowest BCUT2D eigenvalue weighted by Gasteiger charge is -2.29. The Hall–Kier alpha value is -3.91. The molecule has 1 fully saturated rings. The van der Waals surface area contributed by atoms with Crippen LogP contribution in [0.25, 0.3) is 43.7 Å². The summed E-state index contributed by atoms with van der Waals surface area (Å²) in [6, 6.07) is 6.87. The lowest BCUT2D eigenvalue weighted by molar-refractivity contribution is -0.0123. The Morgan fingerprint density at radius 2 is 1.93 bits per heavy atom. The topological polar surface area (TPSA) is 129 Å². The van der Waals surface area contributed by atoms with Crippen molar-refractivity contribution in [3.05, 3.63) is 47.4 Å². The zero-order chi connectivity index (χ0) is 33.0. The molecule has 6 rings (SSSR count). The van der Waals surface area contributed by atoms with Crippen LogP contribution in [0.1, 0.15) is 31.9 Å². The van der Waals surface area contributed by atoms with Gasteiger partial charge in [-0.15, -0.1) is 0 Å². The number of aryl methyl sites for hydroxylation is 3. The van der Waals surface area contributed by atoms with Gasteiger partial charge in [-0.2, -0.15) is 5.10 Å². The summed E-state index contributed by atoms with van der Waals surface area (Å²) in [4.78, 5) is 11.2. The van der Waals surface area contributed by atoms with E-state index in [4.69, 9.17) is 24.3 Å². The summed E-state index contributed by atoms with van der Waals surface area (Å²) < 4.78 is 60.5. The molecule has 2 aromatic heterocycles. The molecule has 1 saturated heterocycles. The number of ether oxygens (including phenoxy) is 3. The van der Waals surface area contributed by atoms with Gasteiger partial charge in [0.2, 0.25) is 15.0 Å². The van der Waals surface area contributed by atoms with Crippen molar-refractivity contribution in [1.82, 2.24) is 19.7 Å². The number of fused-ring (bicyclic) bond motifs is 4. The zero-order valence-corrected chi connectivity index (χ0v) is 27.7. The maximum Gasteiger partial charge on any atom is 0.249 e. The SMILES string of the molecule is CCc1c(F)ccc2cc(OCOC)cc(-c3c(C)c4nc(S(=O)(=O)CC)nc(N5CCOCC(C)(O)C5)c4c4cn(C)nc34)c12. The summed E-state index contributed by atoms with van der Waals surface area (Å²) in [6.45, 7) is 7.99. The average Bonchev–Trinajstić information content (AvgIpc) is 3.31. The molecule has 1 unspecified atom stereocenters. The summed E-state index contributed by atoms with van der Waals surface area (Å²) in [7, 11) is -0.507. The van der Waals surface area contributed by atoms with Gasteiger partial charge in [0.15, 0.2) is 6.79 Å². The Morgan fingerprint density at radius 1 is 1.15 bits per heavy atom. The minimum Gasteiger partial charge on any atom is -0.468 e. The van der Waals surface area contributed by atoms with Crippen molar-refractivity contribution < 1.29 is 32.1 Å². The number of nitrogens with zero attached hydrogens (tertiary/aromatic N) is 5.